The fraction of sp³-hybridized carbons (Fsp3) is 0.571. The molecule has 0 aliphatic heterocycles. The molecule has 19 heavy (non-hydrogen) atoms. The zero-order valence-electron chi connectivity index (χ0n) is 12.2. The summed E-state index contributed by atoms with van der Waals surface area (Å²) in [4.78, 5) is 0. The molecule has 2 heterocycles. The first-order valence-corrected chi connectivity index (χ1v) is 6.87. The second-order valence-corrected chi connectivity index (χ2v) is 4.89. The molecule has 1 unspecified atom stereocenters. The summed E-state index contributed by atoms with van der Waals surface area (Å²) in [5.41, 5.74) is 3.73. The average Bonchev–Trinajstić information content (AvgIpc) is 2.94. The normalized spacial score (nSPS) is 12.8. The van der Waals surface area contributed by atoms with Gasteiger partial charge in [-0.3, -0.25) is 9.36 Å². The van der Waals surface area contributed by atoms with Crippen LogP contribution in [0.5, 0.6) is 0 Å². The molecule has 0 aliphatic rings. The van der Waals surface area contributed by atoms with Crippen LogP contribution in [-0.2, 0) is 26.9 Å². The van der Waals surface area contributed by atoms with E-state index in [0.717, 1.165) is 19.4 Å². The standard InChI is InChI=1S/C14H23N5/c1-5-13-12(10-19(4)17-13)14(15-6-2)7-11-8-16-18(3)9-11/h8-10,14-15H,5-7H2,1-4H3. The maximum absolute atomic E-state index is 4.53. The predicted molar refractivity (Wildman–Crippen MR) is 75.9 cm³/mol. The van der Waals surface area contributed by atoms with Crippen molar-refractivity contribution in [2.75, 3.05) is 6.54 Å². The summed E-state index contributed by atoms with van der Waals surface area (Å²) in [5, 5.41) is 12.3. The Bertz CT molecular complexity index is 526. The van der Waals surface area contributed by atoms with Gasteiger partial charge >= 0.3 is 0 Å². The number of hydrogen-bond acceptors (Lipinski definition) is 3. The zero-order valence-corrected chi connectivity index (χ0v) is 12.2. The monoisotopic (exact) mass is 261 g/mol. The number of aryl methyl sites for hydroxylation is 3. The fourth-order valence-electron chi connectivity index (χ4n) is 2.47. The lowest BCUT2D eigenvalue weighted by molar-refractivity contribution is 0.545. The largest absolute Gasteiger partial charge is 0.310 e. The summed E-state index contributed by atoms with van der Waals surface area (Å²) in [6.45, 7) is 5.24. The highest BCUT2D eigenvalue weighted by molar-refractivity contribution is 5.24. The fourth-order valence-corrected chi connectivity index (χ4v) is 2.47. The Kier molecular flexibility index (Phi) is 4.37. The van der Waals surface area contributed by atoms with Gasteiger partial charge in [-0.2, -0.15) is 10.2 Å². The lowest BCUT2D eigenvalue weighted by Crippen LogP contribution is -2.23. The van der Waals surface area contributed by atoms with Gasteiger partial charge in [0.15, 0.2) is 0 Å². The van der Waals surface area contributed by atoms with Gasteiger partial charge in [0.05, 0.1) is 11.9 Å². The third-order valence-electron chi connectivity index (χ3n) is 3.30. The quantitative estimate of drug-likeness (QED) is 0.859. The van der Waals surface area contributed by atoms with Gasteiger partial charge in [-0.15, -0.1) is 0 Å². The molecule has 2 rings (SSSR count). The van der Waals surface area contributed by atoms with E-state index in [2.05, 4.69) is 41.8 Å². The highest BCUT2D eigenvalue weighted by atomic mass is 15.3. The van der Waals surface area contributed by atoms with E-state index >= 15 is 0 Å². The molecule has 104 valence electrons. The number of hydrogen-bond donors (Lipinski definition) is 1. The Morgan fingerprint density at radius 1 is 1.21 bits per heavy atom. The smallest absolute Gasteiger partial charge is 0.0669 e. The van der Waals surface area contributed by atoms with Crippen molar-refractivity contribution in [1.29, 1.82) is 0 Å². The SMILES string of the molecule is CCNC(Cc1cnn(C)c1)c1cn(C)nc1CC. The number of likely N-dealkylation sites (N-methyl/N-ethyl adjacent to an activating group) is 1. The highest BCUT2D eigenvalue weighted by Gasteiger charge is 2.18. The van der Waals surface area contributed by atoms with Gasteiger partial charge < -0.3 is 5.32 Å². The maximum Gasteiger partial charge on any atom is 0.0669 e. The van der Waals surface area contributed by atoms with Gasteiger partial charge in [-0.25, -0.2) is 0 Å². The van der Waals surface area contributed by atoms with Gasteiger partial charge in [0.2, 0.25) is 0 Å². The van der Waals surface area contributed by atoms with Crippen molar-refractivity contribution in [1.82, 2.24) is 24.9 Å². The lowest BCUT2D eigenvalue weighted by Gasteiger charge is -2.17. The van der Waals surface area contributed by atoms with Crippen molar-refractivity contribution in [3.63, 3.8) is 0 Å². The summed E-state index contributed by atoms with van der Waals surface area (Å²) in [6, 6.07) is 0.304. The van der Waals surface area contributed by atoms with Crippen LogP contribution in [0.15, 0.2) is 18.6 Å². The minimum atomic E-state index is 0.304. The Labute approximate surface area is 114 Å². The number of aromatic nitrogens is 4. The molecule has 0 bridgehead atoms. The van der Waals surface area contributed by atoms with Crippen molar-refractivity contribution in [2.45, 2.75) is 32.7 Å². The van der Waals surface area contributed by atoms with E-state index in [9.17, 15) is 0 Å². The molecule has 1 N–H and O–H groups in total. The molecule has 2 aromatic rings. The van der Waals surface area contributed by atoms with E-state index < -0.39 is 0 Å². The molecular weight excluding hydrogens is 238 g/mol. The van der Waals surface area contributed by atoms with Crippen molar-refractivity contribution >= 4 is 0 Å². The minimum Gasteiger partial charge on any atom is -0.310 e. The maximum atomic E-state index is 4.53. The van der Waals surface area contributed by atoms with E-state index in [1.165, 1.54) is 16.8 Å². The number of nitrogens with zero attached hydrogens (tertiary/aromatic N) is 4. The zero-order chi connectivity index (χ0) is 13.8. The molecular formula is C14H23N5. The lowest BCUT2D eigenvalue weighted by atomic mass is 10.0. The van der Waals surface area contributed by atoms with Gasteiger partial charge in [-0.05, 0) is 24.9 Å². The van der Waals surface area contributed by atoms with Gasteiger partial charge in [0.25, 0.3) is 0 Å². The molecule has 5 heteroatoms. The molecule has 0 aromatic carbocycles. The van der Waals surface area contributed by atoms with Gasteiger partial charge in [0.1, 0.15) is 0 Å². The number of rotatable bonds is 6. The first-order valence-electron chi connectivity index (χ1n) is 6.87. The van der Waals surface area contributed by atoms with Crippen molar-refractivity contribution in [2.24, 2.45) is 14.1 Å². The first kappa shape index (κ1) is 13.8. The molecule has 0 saturated carbocycles. The van der Waals surface area contributed by atoms with Crippen LogP contribution in [-0.4, -0.2) is 26.1 Å². The van der Waals surface area contributed by atoms with Crippen LogP contribution in [0.2, 0.25) is 0 Å². The molecule has 0 radical (unpaired) electrons. The van der Waals surface area contributed by atoms with Crippen LogP contribution < -0.4 is 5.32 Å². The molecule has 1 atom stereocenters. The predicted octanol–water partition coefficient (Wildman–Crippen LogP) is 1.61. The third-order valence-corrected chi connectivity index (χ3v) is 3.30. The molecule has 0 amide bonds. The van der Waals surface area contributed by atoms with E-state index in [4.69, 9.17) is 0 Å². The Morgan fingerprint density at radius 3 is 2.58 bits per heavy atom. The summed E-state index contributed by atoms with van der Waals surface area (Å²) in [6.07, 6.45) is 8.05. The molecule has 0 saturated heterocycles. The van der Waals surface area contributed by atoms with E-state index in [-0.39, 0.29) is 0 Å². The molecule has 0 spiro atoms. The molecule has 0 aliphatic carbocycles. The van der Waals surface area contributed by atoms with Crippen molar-refractivity contribution in [3.05, 3.63) is 35.4 Å². The number of nitrogens with one attached hydrogen (secondary N) is 1. The van der Waals surface area contributed by atoms with E-state index in [1.54, 1.807) is 0 Å². The van der Waals surface area contributed by atoms with E-state index in [1.807, 2.05) is 29.7 Å². The second-order valence-electron chi connectivity index (χ2n) is 4.89. The Hall–Kier alpha value is -1.62. The summed E-state index contributed by atoms with van der Waals surface area (Å²) < 4.78 is 3.75. The summed E-state index contributed by atoms with van der Waals surface area (Å²) in [7, 11) is 3.93. The van der Waals surface area contributed by atoms with Crippen LogP contribution in [0.4, 0.5) is 0 Å². The van der Waals surface area contributed by atoms with E-state index in [0.29, 0.717) is 6.04 Å². The third kappa shape index (κ3) is 3.23. The summed E-state index contributed by atoms with van der Waals surface area (Å²) >= 11 is 0. The van der Waals surface area contributed by atoms with Crippen LogP contribution in [0.1, 0.15) is 36.7 Å². The van der Waals surface area contributed by atoms with Gasteiger partial charge in [-0.1, -0.05) is 13.8 Å². The topological polar surface area (TPSA) is 47.7 Å². The molecule has 5 nitrogen and oxygen atoms in total. The molecule has 0 fully saturated rings. The Balaban J connectivity index is 2.23. The van der Waals surface area contributed by atoms with Crippen LogP contribution >= 0.6 is 0 Å². The highest BCUT2D eigenvalue weighted by Crippen LogP contribution is 2.21. The second kappa shape index (κ2) is 6.02. The van der Waals surface area contributed by atoms with Crippen molar-refractivity contribution in [3.8, 4) is 0 Å². The summed E-state index contributed by atoms with van der Waals surface area (Å²) in [5.74, 6) is 0. The van der Waals surface area contributed by atoms with Crippen LogP contribution in [0.25, 0.3) is 0 Å². The van der Waals surface area contributed by atoms with Crippen molar-refractivity contribution < 1.29 is 0 Å². The first-order chi connectivity index (χ1) is 9.13. The van der Waals surface area contributed by atoms with Crippen LogP contribution in [0.3, 0.4) is 0 Å². The van der Waals surface area contributed by atoms with Gasteiger partial charge in [0, 0.05) is 38.1 Å². The average molecular weight is 261 g/mol. The van der Waals surface area contributed by atoms with Crippen LogP contribution in [0, 0.1) is 0 Å². The minimum absolute atomic E-state index is 0.304. The Morgan fingerprint density at radius 2 is 2.00 bits per heavy atom. The molecule has 2 aromatic heterocycles.